The number of hydrogen-bond donors (Lipinski definition) is 3. The van der Waals surface area contributed by atoms with Gasteiger partial charge in [-0.15, -0.1) is 0 Å². The van der Waals surface area contributed by atoms with Gasteiger partial charge in [-0.25, -0.2) is 0 Å². The largest absolute Gasteiger partial charge is 1.00 e. The van der Waals surface area contributed by atoms with Crippen LogP contribution in [-0.2, 0) is 14.4 Å². The van der Waals surface area contributed by atoms with Gasteiger partial charge in [-0.05, 0) is 0 Å². The van der Waals surface area contributed by atoms with Gasteiger partial charge in [-0.3, -0.25) is 14.4 Å². The van der Waals surface area contributed by atoms with Gasteiger partial charge in [0, 0.05) is 0 Å². The molecular weight excluding hydrogens is 177 g/mol. The molecule has 0 aliphatic rings. The predicted octanol–water partition coefficient (Wildman–Crippen LogP) is -4.44. The molecule has 0 fully saturated rings. The maximum atomic E-state index is 10.5. The molecular formula is C5H8NNaO5. The summed E-state index contributed by atoms with van der Waals surface area (Å²) in [7, 11) is 0. The van der Waals surface area contributed by atoms with E-state index in [0.717, 1.165) is 0 Å². The van der Waals surface area contributed by atoms with Crippen LogP contribution in [0.4, 0.5) is 0 Å². The van der Waals surface area contributed by atoms with Gasteiger partial charge in [0.1, 0.15) is 6.42 Å². The van der Waals surface area contributed by atoms with Crippen LogP contribution in [0, 0.1) is 0 Å². The fraction of sp³-hybridized carbons (Fsp3) is 0.400. The van der Waals surface area contributed by atoms with Gasteiger partial charge in [-0.2, -0.15) is 0 Å². The molecule has 12 heavy (non-hydrogen) atoms. The Bertz CT molecular complexity index is 209. The molecule has 0 spiro atoms. The van der Waals surface area contributed by atoms with Gasteiger partial charge in [-0.1, -0.05) is 0 Å². The van der Waals surface area contributed by atoms with Crippen molar-refractivity contribution in [2.24, 2.45) is 5.73 Å². The van der Waals surface area contributed by atoms with Crippen LogP contribution in [0.5, 0.6) is 0 Å². The summed E-state index contributed by atoms with van der Waals surface area (Å²) in [6.07, 6.45) is -0.854. The van der Waals surface area contributed by atoms with E-state index in [9.17, 15) is 14.4 Å². The molecule has 0 unspecified atom stereocenters. The monoisotopic (exact) mass is 185 g/mol. The molecule has 0 bridgehead atoms. The van der Waals surface area contributed by atoms with E-state index in [-0.39, 0.29) is 31.0 Å². The van der Waals surface area contributed by atoms with E-state index in [2.05, 4.69) is 0 Å². The minimum atomic E-state index is -1.73. The van der Waals surface area contributed by atoms with Gasteiger partial charge in [0.15, 0.2) is 11.8 Å². The minimum absolute atomic E-state index is 0. The van der Waals surface area contributed by atoms with Crippen LogP contribution in [0.3, 0.4) is 0 Å². The maximum absolute atomic E-state index is 10.5. The number of carbonyl (C=O) groups is 3. The van der Waals surface area contributed by atoms with Crippen molar-refractivity contribution in [3.05, 3.63) is 0 Å². The molecule has 0 amide bonds. The normalized spacial score (nSPS) is 11.1. The molecule has 0 radical (unpaired) electrons. The summed E-state index contributed by atoms with van der Waals surface area (Å²) in [4.78, 5) is 30.4. The van der Waals surface area contributed by atoms with E-state index in [1.807, 2.05) is 0 Å². The van der Waals surface area contributed by atoms with E-state index in [1.165, 1.54) is 0 Å². The van der Waals surface area contributed by atoms with Crippen molar-refractivity contribution in [3.63, 3.8) is 0 Å². The first-order valence-corrected chi connectivity index (χ1v) is 2.68. The first-order valence-electron chi connectivity index (χ1n) is 2.68. The number of ketones is 1. The number of carboxylic acid groups (broad SMARTS) is 2. The second-order valence-corrected chi connectivity index (χ2v) is 1.85. The average Bonchev–Trinajstić information content (AvgIpc) is 1.84. The van der Waals surface area contributed by atoms with E-state index in [4.69, 9.17) is 15.9 Å². The van der Waals surface area contributed by atoms with Crippen molar-refractivity contribution in [2.45, 2.75) is 12.5 Å². The number of nitrogens with two attached hydrogens (primary N) is 1. The molecule has 1 atom stereocenters. The third-order valence-electron chi connectivity index (χ3n) is 0.938. The Kier molecular flexibility index (Phi) is 7.21. The van der Waals surface area contributed by atoms with Crippen LogP contribution in [-0.4, -0.2) is 34.0 Å². The summed E-state index contributed by atoms with van der Waals surface area (Å²) in [6, 6.07) is -1.73. The molecule has 0 aromatic carbocycles. The fourth-order valence-corrected chi connectivity index (χ4v) is 0.397. The number of hydrogen-bond acceptors (Lipinski definition) is 4. The molecule has 0 heterocycles. The number of carbonyl (C=O) groups excluding carboxylic acids is 1. The number of Topliss-reactive ketones (excluding diaryl/α,β-unsaturated/α-hetero) is 1. The smallest absolute Gasteiger partial charge is 1.00 e. The van der Waals surface area contributed by atoms with Crippen LogP contribution in [0.2, 0.25) is 0 Å². The summed E-state index contributed by atoms with van der Waals surface area (Å²) < 4.78 is 0. The second-order valence-electron chi connectivity index (χ2n) is 1.85. The van der Waals surface area contributed by atoms with Crippen LogP contribution < -0.4 is 35.3 Å². The van der Waals surface area contributed by atoms with Crippen molar-refractivity contribution in [1.82, 2.24) is 0 Å². The Balaban J connectivity index is -0.000000500. The first kappa shape index (κ1) is 14.1. The molecule has 0 rings (SSSR count). The van der Waals surface area contributed by atoms with E-state index >= 15 is 0 Å². The van der Waals surface area contributed by atoms with Crippen molar-refractivity contribution in [2.75, 3.05) is 0 Å². The molecule has 0 saturated heterocycles. The Morgan fingerprint density at radius 3 is 2.00 bits per heavy atom. The quantitative estimate of drug-likeness (QED) is 0.300. The number of carboxylic acids is 2. The summed E-state index contributed by atoms with van der Waals surface area (Å²) in [5.41, 5.74) is 4.80. The first-order chi connectivity index (χ1) is 4.95. The molecule has 0 saturated carbocycles. The zero-order chi connectivity index (χ0) is 9.02. The van der Waals surface area contributed by atoms with Gasteiger partial charge < -0.3 is 17.4 Å². The molecule has 64 valence electrons. The molecule has 4 N–H and O–H groups in total. The standard InChI is InChI=1S/C5H7NO5.Na.H/c6-4(5(10)11)2(7)1-3(8)9;;/h4H,1,6H2,(H,8,9)(H,10,11);;/q;+1;-1/t4-;;/m0../s1. The number of aliphatic carboxylic acids is 2. The zero-order valence-corrected chi connectivity index (χ0v) is 8.48. The Hall–Kier alpha value is -0.430. The number of rotatable bonds is 4. The van der Waals surface area contributed by atoms with Gasteiger partial charge >= 0.3 is 41.5 Å². The van der Waals surface area contributed by atoms with Crippen molar-refractivity contribution in [3.8, 4) is 0 Å². The average molecular weight is 185 g/mol. The van der Waals surface area contributed by atoms with Crippen molar-refractivity contribution in [1.29, 1.82) is 0 Å². The van der Waals surface area contributed by atoms with Crippen LogP contribution >= 0.6 is 0 Å². The SMILES string of the molecule is N[C@H](C(=O)O)C(=O)CC(=O)O.[H-].[Na+]. The molecule has 0 aliphatic carbocycles. The minimum Gasteiger partial charge on any atom is -1.00 e. The van der Waals surface area contributed by atoms with E-state index in [1.54, 1.807) is 0 Å². The van der Waals surface area contributed by atoms with Crippen molar-refractivity contribution >= 4 is 17.7 Å². The molecule has 0 aliphatic heterocycles. The van der Waals surface area contributed by atoms with Gasteiger partial charge in [0.05, 0.1) is 0 Å². The molecule has 6 nitrogen and oxygen atoms in total. The van der Waals surface area contributed by atoms with Crippen molar-refractivity contribution < 1.29 is 55.6 Å². The third-order valence-corrected chi connectivity index (χ3v) is 0.938. The zero-order valence-electron chi connectivity index (χ0n) is 7.48. The van der Waals surface area contributed by atoms with Crippen LogP contribution in [0.1, 0.15) is 7.85 Å². The summed E-state index contributed by atoms with van der Waals surface area (Å²) in [5.74, 6) is -3.91. The molecule has 7 heteroatoms. The van der Waals surface area contributed by atoms with Gasteiger partial charge in [0.2, 0.25) is 0 Å². The summed E-state index contributed by atoms with van der Waals surface area (Å²) >= 11 is 0. The predicted molar refractivity (Wildman–Crippen MR) is 34.0 cm³/mol. The van der Waals surface area contributed by atoms with E-state index < -0.39 is 30.2 Å². The van der Waals surface area contributed by atoms with Crippen LogP contribution in [0.25, 0.3) is 0 Å². The Labute approximate surface area is 91.5 Å². The van der Waals surface area contributed by atoms with E-state index in [0.29, 0.717) is 0 Å². The Morgan fingerprint density at radius 1 is 1.33 bits per heavy atom. The summed E-state index contributed by atoms with van der Waals surface area (Å²) in [6.45, 7) is 0. The molecule has 0 aromatic heterocycles. The van der Waals surface area contributed by atoms with Gasteiger partial charge in [0.25, 0.3) is 0 Å². The fourth-order valence-electron chi connectivity index (χ4n) is 0.397. The topological polar surface area (TPSA) is 118 Å². The maximum Gasteiger partial charge on any atom is 1.00 e. The molecule has 0 aromatic rings. The third kappa shape index (κ3) is 5.25. The van der Waals surface area contributed by atoms with Crippen LogP contribution in [0.15, 0.2) is 0 Å². The Morgan fingerprint density at radius 2 is 1.75 bits per heavy atom. The summed E-state index contributed by atoms with van der Waals surface area (Å²) in [5, 5.41) is 16.2. The second kappa shape index (κ2) is 6.13.